The minimum absolute atomic E-state index is 0.185. The molecule has 1 aromatic heterocycles. The summed E-state index contributed by atoms with van der Waals surface area (Å²) in [7, 11) is 0. The van der Waals surface area contributed by atoms with E-state index in [0.29, 0.717) is 30.3 Å². The molecule has 2 aliphatic rings. The lowest BCUT2D eigenvalue weighted by atomic mass is 10.1. The van der Waals surface area contributed by atoms with Crippen LogP contribution in [0.25, 0.3) is 11.4 Å². The van der Waals surface area contributed by atoms with Crippen molar-refractivity contribution in [3.8, 4) is 11.4 Å². The number of halogens is 1. The van der Waals surface area contributed by atoms with Gasteiger partial charge in [0.25, 0.3) is 0 Å². The molecule has 1 unspecified atom stereocenters. The lowest BCUT2D eigenvalue weighted by Crippen LogP contribution is -2.46. The Morgan fingerprint density at radius 2 is 2.08 bits per heavy atom. The molecule has 1 saturated heterocycles. The van der Waals surface area contributed by atoms with Gasteiger partial charge in [0.1, 0.15) is 5.82 Å². The predicted molar refractivity (Wildman–Crippen MR) is 90.2 cm³/mol. The minimum atomic E-state index is -0.284. The smallest absolute Gasteiger partial charge is 0.240 e. The number of aliphatic hydroxyl groups excluding tert-OH is 1. The van der Waals surface area contributed by atoms with Crippen LogP contribution in [-0.2, 0) is 6.54 Å². The van der Waals surface area contributed by atoms with Crippen molar-refractivity contribution in [3.63, 3.8) is 0 Å². The number of likely N-dealkylation sites (tertiary alicyclic amines) is 1. The van der Waals surface area contributed by atoms with E-state index in [9.17, 15) is 9.50 Å². The molecular formula is C18H23FN4O2. The first-order valence-corrected chi connectivity index (χ1v) is 8.93. The van der Waals surface area contributed by atoms with Crippen LogP contribution in [0.3, 0.4) is 0 Å². The summed E-state index contributed by atoms with van der Waals surface area (Å²) in [5, 5.41) is 17.3. The number of hydrogen-bond acceptors (Lipinski definition) is 6. The van der Waals surface area contributed by atoms with E-state index in [1.54, 1.807) is 12.1 Å². The topological polar surface area (TPSA) is 74.4 Å². The molecule has 2 heterocycles. The number of hydrogen-bond donors (Lipinski definition) is 2. The van der Waals surface area contributed by atoms with Crippen molar-refractivity contribution in [2.24, 2.45) is 0 Å². The molecule has 6 nitrogen and oxygen atoms in total. The number of aromatic nitrogens is 2. The maximum atomic E-state index is 13.0. The van der Waals surface area contributed by atoms with Crippen LogP contribution < -0.4 is 5.32 Å². The first-order chi connectivity index (χ1) is 12.2. The van der Waals surface area contributed by atoms with E-state index in [1.165, 1.54) is 18.6 Å². The van der Waals surface area contributed by atoms with Gasteiger partial charge in [0, 0.05) is 30.7 Å². The number of rotatable bonds is 5. The zero-order chi connectivity index (χ0) is 17.2. The summed E-state index contributed by atoms with van der Waals surface area (Å²) in [6.07, 6.45) is 4.16. The van der Waals surface area contributed by atoms with Crippen LogP contribution in [0.5, 0.6) is 0 Å². The van der Waals surface area contributed by atoms with E-state index in [-0.39, 0.29) is 11.9 Å². The van der Waals surface area contributed by atoms with Crippen molar-refractivity contribution in [1.82, 2.24) is 20.4 Å². The van der Waals surface area contributed by atoms with Crippen molar-refractivity contribution in [3.05, 3.63) is 36.0 Å². The highest BCUT2D eigenvalue weighted by atomic mass is 19.1. The Balaban J connectivity index is 1.36. The molecule has 1 aliphatic heterocycles. The highest BCUT2D eigenvalue weighted by Gasteiger charge is 2.35. The van der Waals surface area contributed by atoms with E-state index in [4.69, 9.17) is 4.52 Å². The summed E-state index contributed by atoms with van der Waals surface area (Å²) in [4.78, 5) is 6.79. The number of nitrogens with one attached hydrogen (secondary N) is 1. The molecule has 0 amide bonds. The van der Waals surface area contributed by atoms with Crippen LogP contribution in [0, 0.1) is 5.82 Å². The van der Waals surface area contributed by atoms with E-state index in [2.05, 4.69) is 20.4 Å². The second-order valence-corrected chi connectivity index (χ2v) is 6.94. The molecular weight excluding hydrogens is 323 g/mol. The van der Waals surface area contributed by atoms with E-state index in [1.807, 2.05) is 0 Å². The normalized spacial score (nSPS) is 27.2. The van der Waals surface area contributed by atoms with Gasteiger partial charge >= 0.3 is 0 Å². The average molecular weight is 346 g/mol. The van der Waals surface area contributed by atoms with Crippen molar-refractivity contribution < 1.29 is 14.0 Å². The Labute approximate surface area is 146 Å². The Morgan fingerprint density at radius 3 is 2.84 bits per heavy atom. The second-order valence-electron chi connectivity index (χ2n) is 6.94. The van der Waals surface area contributed by atoms with Crippen LogP contribution in [-0.4, -0.2) is 51.4 Å². The summed E-state index contributed by atoms with van der Waals surface area (Å²) in [5.41, 5.74) is 0.737. The van der Waals surface area contributed by atoms with Gasteiger partial charge < -0.3 is 14.9 Å². The highest BCUT2D eigenvalue weighted by Crippen LogP contribution is 2.27. The van der Waals surface area contributed by atoms with Gasteiger partial charge in [-0.3, -0.25) is 4.90 Å². The SMILES string of the molecule is OC1CCN([C@@H]2CCC[C@@H]2NCc2nc(-c3ccc(F)cc3)no2)C1. The molecule has 2 aromatic rings. The largest absolute Gasteiger partial charge is 0.392 e. The number of aliphatic hydroxyl groups is 1. The fourth-order valence-electron chi connectivity index (χ4n) is 3.95. The molecule has 0 radical (unpaired) electrons. The predicted octanol–water partition coefficient (Wildman–Crippen LogP) is 1.95. The van der Waals surface area contributed by atoms with E-state index >= 15 is 0 Å². The highest BCUT2D eigenvalue weighted by molar-refractivity contribution is 5.53. The quantitative estimate of drug-likeness (QED) is 0.862. The van der Waals surface area contributed by atoms with Crippen LogP contribution in [0.4, 0.5) is 4.39 Å². The Bertz CT molecular complexity index is 705. The van der Waals surface area contributed by atoms with Gasteiger partial charge in [-0.05, 0) is 43.5 Å². The third-order valence-electron chi connectivity index (χ3n) is 5.23. The molecule has 2 fully saturated rings. The van der Waals surface area contributed by atoms with Gasteiger partial charge in [-0.15, -0.1) is 0 Å². The van der Waals surface area contributed by atoms with Gasteiger partial charge in [0.2, 0.25) is 11.7 Å². The summed E-state index contributed by atoms with van der Waals surface area (Å²) in [6.45, 7) is 2.27. The van der Waals surface area contributed by atoms with E-state index < -0.39 is 0 Å². The molecule has 3 atom stereocenters. The molecule has 7 heteroatoms. The first kappa shape index (κ1) is 16.6. The van der Waals surface area contributed by atoms with Crippen LogP contribution >= 0.6 is 0 Å². The third kappa shape index (κ3) is 3.73. The van der Waals surface area contributed by atoms with Crippen molar-refractivity contribution in [1.29, 1.82) is 0 Å². The van der Waals surface area contributed by atoms with Gasteiger partial charge in [-0.1, -0.05) is 11.6 Å². The summed E-state index contributed by atoms with van der Waals surface area (Å²) >= 11 is 0. The molecule has 1 aromatic carbocycles. The van der Waals surface area contributed by atoms with Crippen molar-refractivity contribution in [2.75, 3.05) is 13.1 Å². The van der Waals surface area contributed by atoms with Crippen molar-refractivity contribution in [2.45, 2.75) is 50.4 Å². The number of β-amino-alcohol motifs (C(OH)–C–C–N with tert-alkyl or cyclic N) is 1. The molecule has 2 N–H and O–H groups in total. The minimum Gasteiger partial charge on any atom is -0.392 e. The summed E-state index contributed by atoms with van der Waals surface area (Å²) in [6, 6.07) is 6.91. The molecule has 134 valence electrons. The second kappa shape index (κ2) is 7.19. The molecule has 4 rings (SSSR count). The lowest BCUT2D eigenvalue weighted by Gasteiger charge is -2.29. The number of benzene rings is 1. The van der Waals surface area contributed by atoms with Gasteiger partial charge in [-0.2, -0.15) is 4.98 Å². The van der Waals surface area contributed by atoms with Crippen LogP contribution in [0.15, 0.2) is 28.8 Å². The number of nitrogens with zero attached hydrogens (tertiary/aromatic N) is 3. The maximum absolute atomic E-state index is 13.0. The Hall–Kier alpha value is -1.83. The Morgan fingerprint density at radius 1 is 1.24 bits per heavy atom. The molecule has 25 heavy (non-hydrogen) atoms. The third-order valence-corrected chi connectivity index (χ3v) is 5.23. The van der Waals surface area contributed by atoms with Gasteiger partial charge in [0.15, 0.2) is 0 Å². The standard InChI is InChI=1S/C18H23FN4O2/c19-13-6-4-12(5-7-13)18-21-17(25-22-18)10-20-15-2-1-3-16(15)23-9-8-14(24)11-23/h4-7,14-16,20,24H,1-3,8-11H2/t14?,15-,16+/m0/s1. The average Bonchev–Trinajstić information content (AvgIpc) is 3.33. The zero-order valence-electron chi connectivity index (χ0n) is 14.1. The maximum Gasteiger partial charge on any atom is 0.240 e. The first-order valence-electron chi connectivity index (χ1n) is 8.93. The summed E-state index contributed by atoms with van der Waals surface area (Å²) in [5.74, 6) is 0.724. The lowest BCUT2D eigenvalue weighted by molar-refractivity contribution is 0.149. The fraction of sp³-hybridized carbons (Fsp3) is 0.556. The van der Waals surface area contributed by atoms with Gasteiger partial charge in [-0.25, -0.2) is 4.39 Å². The monoisotopic (exact) mass is 346 g/mol. The van der Waals surface area contributed by atoms with E-state index in [0.717, 1.165) is 37.9 Å². The zero-order valence-corrected chi connectivity index (χ0v) is 14.1. The molecule has 0 spiro atoms. The Kier molecular flexibility index (Phi) is 4.78. The van der Waals surface area contributed by atoms with Gasteiger partial charge in [0.05, 0.1) is 12.6 Å². The fourth-order valence-corrected chi connectivity index (χ4v) is 3.95. The van der Waals surface area contributed by atoms with Crippen LogP contribution in [0.2, 0.25) is 0 Å². The molecule has 1 aliphatic carbocycles. The van der Waals surface area contributed by atoms with Crippen molar-refractivity contribution >= 4 is 0 Å². The summed E-state index contributed by atoms with van der Waals surface area (Å²) < 4.78 is 18.3. The molecule has 1 saturated carbocycles. The van der Waals surface area contributed by atoms with Crippen LogP contribution in [0.1, 0.15) is 31.6 Å². The molecule has 0 bridgehead atoms.